The van der Waals surface area contributed by atoms with Crippen LogP contribution in [0.4, 0.5) is 0 Å². The monoisotopic (exact) mass is 516 g/mol. The van der Waals surface area contributed by atoms with Gasteiger partial charge in [-0.25, -0.2) is 0 Å². The van der Waals surface area contributed by atoms with E-state index in [1.165, 1.54) is 68.4 Å². The average molecular weight is 517 g/mol. The lowest BCUT2D eigenvalue weighted by Gasteiger charge is -2.08. The summed E-state index contributed by atoms with van der Waals surface area (Å²) < 4.78 is 0. The summed E-state index contributed by atoms with van der Waals surface area (Å²) >= 11 is 2.07. The molecule has 1 atom stereocenters. The van der Waals surface area contributed by atoms with Crippen LogP contribution in [0.3, 0.4) is 0 Å². The van der Waals surface area contributed by atoms with Gasteiger partial charge in [0.1, 0.15) is 5.78 Å². The maximum Gasteiger partial charge on any atom is 0.294 e. The van der Waals surface area contributed by atoms with Crippen molar-refractivity contribution in [1.82, 2.24) is 4.90 Å². The molecule has 1 amide bonds. The van der Waals surface area contributed by atoms with Gasteiger partial charge in [-0.1, -0.05) is 64.5 Å². The Balaban J connectivity index is 0. The number of amides is 1. The highest BCUT2D eigenvalue weighted by atomic mass is 32.2. The van der Waals surface area contributed by atoms with Crippen LogP contribution in [0.2, 0.25) is 0 Å². The van der Waals surface area contributed by atoms with Crippen molar-refractivity contribution in [3.8, 4) is 0 Å². The molecule has 1 saturated heterocycles. The van der Waals surface area contributed by atoms with Crippen LogP contribution in [0.15, 0.2) is 12.2 Å². The van der Waals surface area contributed by atoms with Crippen LogP contribution < -0.4 is 0 Å². The normalized spacial score (nSPS) is 14.5. The van der Waals surface area contributed by atoms with Crippen molar-refractivity contribution in [1.29, 1.82) is 0 Å². The minimum atomic E-state index is -0.816. The Morgan fingerprint density at radius 1 is 1.09 bits per heavy atom. The first-order chi connectivity index (χ1) is 16.9. The molecule has 35 heavy (non-hydrogen) atoms. The molecule has 0 aromatic rings. The Labute approximate surface area is 218 Å². The topological polar surface area (TPSA) is 89.8 Å². The second kappa shape index (κ2) is 28.7. The number of ketones is 1. The summed E-state index contributed by atoms with van der Waals surface area (Å²) in [5.41, 5.74) is 0. The van der Waals surface area contributed by atoms with Crippen molar-refractivity contribution in [3.05, 3.63) is 22.3 Å². The van der Waals surface area contributed by atoms with Gasteiger partial charge in [0.25, 0.3) is 5.09 Å². The molecule has 0 aliphatic carbocycles. The van der Waals surface area contributed by atoms with Crippen molar-refractivity contribution in [2.75, 3.05) is 26.0 Å². The molecular formula is C27H52N2O5S. The Morgan fingerprint density at radius 3 is 2.37 bits per heavy atom. The maximum absolute atomic E-state index is 11.6. The Kier molecular flexibility index (Phi) is 29.1. The summed E-state index contributed by atoms with van der Waals surface area (Å²) in [6, 6.07) is 0. The Hall–Kier alpha value is -1.57. The SMILES string of the molecule is C/C=C\CCCC.CCCCCCCC(=O)CCC1CCCS1.CN(C=O)CCCCO[N+](=O)[O-]. The van der Waals surface area contributed by atoms with Gasteiger partial charge in [0.15, 0.2) is 0 Å². The van der Waals surface area contributed by atoms with Crippen molar-refractivity contribution in [3.63, 3.8) is 0 Å². The molecule has 0 N–H and O–H groups in total. The van der Waals surface area contributed by atoms with Crippen molar-refractivity contribution < 1.29 is 19.5 Å². The number of unbranched alkanes of at least 4 members (excludes halogenated alkanes) is 7. The summed E-state index contributed by atoms with van der Waals surface area (Å²) in [4.78, 5) is 36.9. The second-order valence-corrected chi connectivity index (χ2v) is 10.3. The quantitative estimate of drug-likeness (QED) is 0.0584. The first-order valence-corrected chi connectivity index (χ1v) is 14.6. The average Bonchev–Trinajstić information content (AvgIpc) is 3.37. The Morgan fingerprint density at radius 2 is 1.80 bits per heavy atom. The van der Waals surface area contributed by atoms with Crippen molar-refractivity contribution in [2.45, 2.75) is 122 Å². The van der Waals surface area contributed by atoms with Gasteiger partial charge >= 0.3 is 0 Å². The van der Waals surface area contributed by atoms with E-state index in [2.05, 4.69) is 49.5 Å². The molecule has 206 valence electrons. The second-order valence-electron chi connectivity index (χ2n) is 8.94. The van der Waals surface area contributed by atoms with Crippen LogP contribution in [0.1, 0.15) is 117 Å². The van der Waals surface area contributed by atoms with Gasteiger partial charge in [-0.2, -0.15) is 11.8 Å². The largest absolute Gasteiger partial charge is 0.348 e. The molecule has 0 aromatic heterocycles. The number of carbonyl (C=O) groups excluding carboxylic acids is 2. The fourth-order valence-electron chi connectivity index (χ4n) is 3.39. The van der Waals surface area contributed by atoms with E-state index < -0.39 is 5.09 Å². The smallest absolute Gasteiger partial charge is 0.294 e. The molecule has 0 radical (unpaired) electrons. The van der Waals surface area contributed by atoms with Crippen LogP contribution in [0.5, 0.6) is 0 Å². The maximum atomic E-state index is 11.6. The molecular weight excluding hydrogens is 464 g/mol. The number of nitrogens with zero attached hydrogens (tertiary/aromatic N) is 2. The highest BCUT2D eigenvalue weighted by Crippen LogP contribution is 2.29. The van der Waals surface area contributed by atoms with E-state index >= 15 is 0 Å². The highest BCUT2D eigenvalue weighted by molar-refractivity contribution is 8.00. The zero-order chi connectivity index (χ0) is 26.6. The lowest BCUT2D eigenvalue weighted by atomic mass is 10.0. The first kappa shape index (κ1) is 35.6. The fraction of sp³-hybridized carbons (Fsp3) is 0.852. The van der Waals surface area contributed by atoms with E-state index in [1.807, 2.05) is 0 Å². The summed E-state index contributed by atoms with van der Waals surface area (Å²) in [6.07, 6.45) is 22.0. The van der Waals surface area contributed by atoms with E-state index in [1.54, 1.807) is 7.05 Å². The van der Waals surface area contributed by atoms with Crippen molar-refractivity contribution in [2.24, 2.45) is 0 Å². The van der Waals surface area contributed by atoms with Crippen LogP contribution in [0.25, 0.3) is 0 Å². The summed E-state index contributed by atoms with van der Waals surface area (Å²) in [5.74, 6) is 1.82. The molecule has 8 heteroatoms. The predicted octanol–water partition coefficient (Wildman–Crippen LogP) is 7.41. The van der Waals surface area contributed by atoms with Gasteiger partial charge in [0, 0.05) is 31.7 Å². The number of thioether (sulfide) groups is 1. The summed E-state index contributed by atoms with van der Waals surface area (Å²) in [7, 11) is 1.65. The molecule has 1 heterocycles. The van der Waals surface area contributed by atoms with Crippen molar-refractivity contribution >= 4 is 24.0 Å². The number of hydrogen-bond acceptors (Lipinski definition) is 6. The lowest BCUT2D eigenvalue weighted by molar-refractivity contribution is -0.757. The van der Waals surface area contributed by atoms with E-state index in [-0.39, 0.29) is 6.61 Å². The molecule has 1 fully saturated rings. The number of Topliss-reactive ketones (excluding diaryl/α,β-unsaturated/α-hetero) is 1. The van der Waals surface area contributed by atoms with E-state index in [4.69, 9.17) is 0 Å². The molecule has 1 rings (SSSR count). The minimum absolute atomic E-state index is 0.0969. The molecule has 0 aromatic carbocycles. The molecule has 1 unspecified atom stereocenters. The number of hydrogen-bond donors (Lipinski definition) is 0. The predicted molar refractivity (Wildman–Crippen MR) is 148 cm³/mol. The number of rotatable bonds is 19. The van der Waals surface area contributed by atoms with Gasteiger partial charge in [-0.05, 0) is 57.6 Å². The summed E-state index contributed by atoms with van der Waals surface area (Å²) in [5, 5.41) is 9.65. The van der Waals surface area contributed by atoms with Crippen LogP contribution in [-0.4, -0.2) is 53.4 Å². The molecule has 0 spiro atoms. The third-order valence-corrected chi connectivity index (χ3v) is 7.04. The van der Waals surface area contributed by atoms with Crippen LogP contribution in [-0.2, 0) is 14.4 Å². The van der Waals surface area contributed by atoms with E-state index in [0.29, 0.717) is 31.6 Å². The van der Waals surface area contributed by atoms with E-state index in [0.717, 1.165) is 30.9 Å². The van der Waals surface area contributed by atoms with Gasteiger partial charge in [0.2, 0.25) is 6.41 Å². The molecule has 0 saturated carbocycles. The van der Waals surface area contributed by atoms with Crippen LogP contribution >= 0.6 is 11.8 Å². The van der Waals surface area contributed by atoms with Crippen LogP contribution in [0, 0.1) is 10.1 Å². The fourth-order valence-corrected chi connectivity index (χ4v) is 4.67. The van der Waals surface area contributed by atoms with E-state index in [9.17, 15) is 19.7 Å². The number of allylic oxidation sites excluding steroid dienone is 2. The lowest BCUT2D eigenvalue weighted by Crippen LogP contribution is -2.17. The third-order valence-electron chi connectivity index (χ3n) is 5.57. The Bertz CT molecular complexity index is 526. The zero-order valence-corrected chi connectivity index (χ0v) is 23.7. The standard InChI is InChI=1S/C14H26OS.C7H14.C6H12N2O4/c1-2-3-4-5-6-8-13(15)10-11-14-9-7-12-16-14;1-3-5-7-6-4-2;1-7(6-9)4-2-3-5-12-8(10)11/h14H,2-12H2,1H3;3,5H,4,6-7H2,1-2H3;6H,2-5H2,1H3/b;5-3-;. The van der Waals surface area contributed by atoms with Gasteiger partial charge in [-0.3, -0.25) is 9.59 Å². The van der Waals surface area contributed by atoms with Gasteiger partial charge < -0.3 is 9.74 Å². The zero-order valence-electron chi connectivity index (χ0n) is 22.9. The molecule has 0 bridgehead atoms. The third kappa shape index (κ3) is 30.4. The molecule has 1 aliphatic rings. The van der Waals surface area contributed by atoms with Gasteiger partial charge in [0.05, 0.1) is 6.61 Å². The minimum Gasteiger partial charge on any atom is -0.348 e. The summed E-state index contributed by atoms with van der Waals surface area (Å²) in [6.45, 7) is 7.20. The first-order valence-electron chi connectivity index (χ1n) is 13.6. The highest BCUT2D eigenvalue weighted by Gasteiger charge is 2.16. The molecule has 1 aliphatic heterocycles. The molecule has 7 nitrogen and oxygen atoms in total. The van der Waals surface area contributed by atoms with Gasteiger partial charge in [-0.15, -0.1) is 10.1 Å². The number of carbonyl (C=O) groups is 2.